The van der Waals surface area contributed by atoms with Crippen LogP contribution < -0.4 is 10.6 Å². The molecule has 0 aliphatic carbocycles. The standard InChI is InChI=1S/C15H21FN2O2/c1-10(2)14(11-3-5-12(16)6-4-11)18-15(19)13-9-20-8-7-17-13/h3-6,10,13-14,17H,7-9H2,1-2H3,(H,18,19). The van der Waals surface area contributed by atoms with Crippen molar-refractivity contribution in [2.45, 2.75) is 25.9 Å². The van der Waals surface area contributed by atoms with Crippen molar-refractivity contribution in [2.75, 3.05) is 19.8 Å². The molecule has 2 N–H and O–H groups in total. The average Bonchev–Trinajstić information content (AvgIpc) is 2.46. The molecule has 1 fully saturated rings. The van der Waals surface area contributed by atoms with Gasteiger partial charge in [-0.25, -0.2) is 4.39 Å². The van der Waals surface area contributed by atoms with Crippen LogP contribution in [-0.2, 0) is 9.53 Å². The van der Waals surface area contributed by atoms with Crippen LogP contribution in [0.5, 0.6) is 0 Å². The zero-order valence-corrected chi connectivity index (χ0v) is 11.9. The Balaban J connectivity index is 2.05. The molecular weight excluding hydrogens is 259 g/mol. The molecule has 2 atom stereocenters. The summed E-state index contributed by atoms with van der Waals surface area (Å²) in [6, 6.07) is 5.81. The van der Waals surface area contributed by atoms with Crippen LogP contribution in [0.15, 0.2) is 24.3 Å². The van der Waals surface area contributed by atoms with Crippen LogP contribution >= 0.6 is 0 Å². The molecule has 1 aromatic rings. The average molecular weight is 280 g/mol. The third kappa shape index (κ3) is 3.77. The van der Waals surface area contributed by atoms with Crippen molar-refractivity contribution >= 4 is 5.91 Å². The molecule has 1 saturated heterocycles. The van der Waals surface area contributed by atoms with E-state index in [-0.39, 0.29) is 29.7 Å². The lowest BCUT2D eigenvalue weighted by atomic mass is 9.95. The summed E-state index contributed by atoms with van der Waals surface area (Å²) in [4.78, 5) is 12.2. The topological polar surface area (TPSA) is 50.4 Å². The Labute approximate surface area is 118 Å². The first-order valence-corrected chi connectivity index (χ1v) is 6.95. The molecule has 0 radical (unpaired) electrons. The zero-order valence-electron chi connectivity index (χ0n) is 11.9. The SMILES string of the molecule is CC(C)C(NC(=O)C1COCCN1)c1ccc(F)cc1. The van der Waals surface area contributed by atoms with Gasteiger partial charge in [-0.05, 0) is 23.6 Å². The molecule has 1 aliphatic rings. The minimum atomic E-state index is -0.314. The number of carbonyl (C=O) groups excluding carboxylic acids is 1. The van der Waals surface area contributed by atoms with E-state index in [4.69, 9.17) is 4.74 Å². The lowest BCUT2D eigenvalue weighted by Crippen LogP contribution is -2.52. The maximum absolute atomic E-state index is 13.0. The molecule has 2 unspecified atom stereocenters. The van der Waals surface area contributed by atoms with Gasteiger partial charge in [0.1, 0.15) is 11.9 Å². The van der Waals surface area contributed by atoms with E-state index in [0.717, 1.165) is 5.56 Å². The predicted molar refractivity (Wildman–Crippen MR) is 74.7 cm³/mol. The third-order valence-electron chi connectivity index (χ3n) is 3.43. The Morgan fingerprint density at radius 3 is 2.65 bits per heavy atom. The lowest BCUT2D eigenvalue weighted by molar-refractivity contribution is -0.127. The molecule has 0 bridgehead atoms. The lowest BCUT2D eigenvalue weighted by Gasteiger charge is -2.28. The van der Waals surface area contributed by atoms with E-state index in [9.17, 15) is 9.18 Å². The predicted octanol–water partition coefficient (Wildman–Crippen LogP) is 1.63. The summed E-state index contributed by atoms with van der Waals surface area (Å²) in [5, 5.41) is 6.14. The summed E-state index contributed by atoms with van der Waals surface area (Å²) in [5.74, 6) is -0.133. The van der Waals surface area contributed by atoms with Crippen LogP contribution in [0.1, 0.15) is 25.5 Å². The van der Waals surface area contributed by atoms with Gasteiger partial charge >= 0.3 is 0 Å². The molecule has 0 spiro atoms. The fourth-order valence-corrected chi connectivity index (χ4v) is 2.29. The van der Waals surface area contributed by atoms with E-state index in [0.29, 0.717) is 19.8 Å². The minimum Gasteiger partial charge on any atom is -0.378 e. The summed E-state index contributed by atoms with van der Waals surface area (Å²) >= 11 is 0. The summed E-state index contributed by atoms with van der Waals surface area (Å²) in [7, 11) is 0. The van der Waals surface area contributed by atoms with Gasteiger partial charge in [-0.3, -0.25) is 4.79 Å². The van der Waals surface area contributed by atoms with Gasteiger partial charge in [-0.2, -0.15) is 0 Å². The van der Waals surface area contributed by atoms with Crippen molar-refractivity contribution in [1.29, 1.82) is 0 Å². The molecule has 0 saturated carbocycles. The van der Waals surface area contributed by atoms with E-state index in [1.165, 1.54) is 12.1 Å². The van der Waals surface area contributed by atoms with Gasteiger partial charge in [0.25, 0.3) is 0 Å². The van der Waals surface area contributed by atoms with Gasteiger partial charge < -0.3 is 15.4 Å². The third-order valence-corrected chi connectivity index (χ3v) is 3.43. The molecule has 20 heavy (non-hydrogen) atoms. The maximum Gasteiger partial charge on any atom is 0.240 e. The monoisotopic (exact) mass is 280 g/mol. The summed E-state index contributed by atoms with van der Waals surface area (Å²) in [6.07, 6.45) is 0. The molecule has 1 aromatic carbocycles. The second kappa shape index (κ2) is 6.81. The van der Waals surface area contributed by atoms with Crippen molar-refractivity contribution < 1.29 is 13.9 Å². The Morgan fingerprint density at radius 1 is 1.40 bits per heavy atom. The number of ether oxygens (including phenoxy) is 1. The number of benzene rings is 1. The van der Waals surface area contributed by atoms with Gasteiger partial charge in [-0.15, -0.1) is 0 Å². The van der Waals surface area contributed by atoms with Crippen LogP contribution in [-0.4, -0.2) is 31.7 Å². The highest BCUT2D eigenvalue weighted by Crippen LogP contribution is 2.22. The largest absolute Gasteiger partial charge is 0.378 e. The van der Waals surface area contributed by atoms with E-state index in [1.54, 1.807) is 12.1 Å². The highest BCUT2D eigenvalue weighted by Gasteiger charge is 2.25. The molecule has 1 aliphatic heterocycles. The van der Waals surface area contributed by atoms with Crippen LogP contribution in [0.3, 0.4) is 0 Å². The number of halogens is 1. The van der Waals surface area contributed by atoms with E-state index in [1.807, 2.05) is 13.8 Å². The van der Waals surface area contributed by atoms with Crippen LogP contribution in [0, 0.1) is 11.7 Å². The highest BCUT2D eigenvalue weighted by atomic mass is 19.1. The zero-order chi connectivity index (χ0) is 14.5. The van der Waals surface area contributed by atoms with Gasteiger partial charge in [0, 0.05) is 6.54 Å². The first kappa shape index (κ1) is 14.9. The number of morpholine rings is 1. The van der Waals surface area contributed by atoms with Gasteiger partial charge in [0.2, 0.25) is 5.91 Å². The second-order valence-electron chi connectivity index (χ2n) is 5.36. The van der Waals surface area contributed by atoms with Crippen molar-refractivity contribution in [3.63, 3.8) is 0 Å². The number of amides is 1. The number of nitrogens with one attached hydrogen (secondary N) is 2. The molecule has 0 aromatic heterocycles. The molecule has 5 heteroatoms. The fraction of sp³-hybridized carbons (Fsp3) is 0.533. The van der Waals surface area contributed by atoms with Crippen molar-refractivity contribution in [1.82, 2.24) is 10.6 Å². The number of rotatable bonds is 4. The summed E-state index contributed by atoms with van der Waals surface area (Å²) in [5.41, 5.74) is 0.909. The molecule has 110 valence electrons. The minimum absolute atomic E-state index is 0.0762. The van der Waals surface area contributed by atoms with Crippen LogP contribution in [0.4, 0.5) is 4.39 Å². The quantitative estimate of drug-likeness (QED) is 0.881. The Morgan fingerprint density at radius 2 is 2.10 bits per heavy atom. The van der Waals surface area contributed by atoms with Gasteiger partial charge in [0.15, 0.2) is 0 Å². The molecule has 4 nitrogen and oxygen atoms in total. The van der Waals surface area contributed by atoms with Crippen molar-refractivity contribution in [3.05, 3.63) is 35.6 Å². The van der Waals surface area contributed by atoms with E-state index >= 15 is 0 Å². The first-order chi connectivity index (χ1) is 9.58. The second-order valence-corrected chi connectivity index (χ2v) is 5.36. The number of carbonyl (C=O) groups is 1. The smallest absolute Gasteiger partial charge is 0.240 e. The molecule has 1 heterocycles. The first-order valence-electron chi connectivity index (χ1n) is 6.95. The summed E-state index contributed by atoms with van der Waals surface area (Å²) in [6.45, 7) is 5.76. The van der Waals surface area contributed by atoms with Crippen molar-refractivity contribution in [3.8, 4) is 0 Å². The highest BCUT2D eigenvalue weighted by molar-refractivity contribution is 5.82. The number of hydrogen-bond acceptors (Lipinski definition) is 3. The van der Waals surface area contributed by atoms with Crippen LogP contribution in [0.25, 0.3) is 0 Å². The Hall–Kier alpha value is -1.46. The normalized spacial score (nSPS) is 20.7. The number of hydrogen-bond donors (Lipinski definition) is 2. The Bertz CT molecular complexity index is 442. The van der Waals surface area contributed by atoms with Gasteiger partial charge in [0.05, 0.1) is 19.3 Å². The molecule has 2 rings (SSSR count). The molecular formula is C15H21FN2O2. The summed E-state index contributed by atoms with van der Waals surface area (Å²) < 4.78 is 18.3. The molecule has 1 amide bonds. The van der Waals surface area contributed by atoms with Gasteiger partial charge in [-0.1, -0.05) is 26.0 Å². The van der Waals surface area contributed by atoms with Crippen LogP contribution in [0.2, 0.25) is 0 Å². The Kier molecular flexibility index (Phi) is 5.09. The van der Waals surface area contributed by atoms with E-state index < -0.39 is 0 Å². The maximum atomic E-state index is 13.0. The fourth-order valence-electron chi connectivity index (χ4n) is 2.29. The van der Waals surface area contributed by atoms with Crippen molar-refractivity contribution in [2.24, 2.45) is 5.92 Å². The van der Waals surface area contributed by atoms with E-state index in [2.05, 4.69) is 10.6 Å².